The topological polar surface area (TPSA) is 59.9 Å². The molecule has 1 aliphatic heterocycles. The summed E-state index contributed by atoms with van der Waals surface area (Å²) in [7, 11) is 0. The molecule has 1 aromatic carbocycles. The Balaban J connectivity index is 1.57. The van der Waals surface area contributed by atoms with Gasteiger partial charge in [0.1, 0.15) is 13.2 Å². The molecule has 108 valence electrons. The van der Waals surface area contributed by atoms with Crippen molar-refractivity contribution >= 4 is 23.5 Å². The number of rotatable bonds is 4. The Hall–Kier alpha value is -2.34. The number of ether oxygens (including phenoxy) is 2. The molecule has 1 aromatic heterocycles. The Morgan fingerprint density at radius 2 is 2.14 bits per heavy atom. The molecular weight excluding hydrogens is 288 g/mol. The van der Waals surface area contributed by atoms with Gasteiger partial charge in [0, 0.05) is 4.88 Å². The lowest BCUT2D eigenvalue weighted by Gasteiger charge is -2.18. The molecule has 0 saturated carbocycles. The van der Waals surface area contributed by atoms with Crippen molar-refractivity contribution in [3.63, 3.8) is 0 Å². The third-order valence-electron chi connectivity index (χ3n) is 2.90. The van der Waals surface area contributed by atoms with Crippen molar-refractivity contribution in [2.24, 2.45) is 5.10 Å². The Labute approximate surface area is 126 Å². The van der Waals surface area contributed by atoms with Crippen molar-refractivity contribution < 1.29 is 14.3 Å². The van der Waals surface area contributed by atoms with Crippen molar-refractivity contribution in [3.05, 3.63) is 46.2 Å². The number of benzene rings is 1. The predicted octanol–water partition coefficient (Wildman–Crippen LogP) is 2.21. The summed E-state index contributed by atoms with van der Waals surface area (Å²) in [5.74, 6) is 1.24. The maximum Gasteiger partial charge on any atom is 0.244 e. The predicted molar refractivity (Wildman–Crippen MR) is 81.2 cm³/mol. The van der Waals surface area contributed by atoms with Gasteiger partial charge in [0.15, 0.2) is 11.5 Å². The second-order valence-electron chi connectivity index (χ2n) is 4.46. The average molecular weight is 302 g/mol. The lowest BCUT2D eigenvalue weighted by molar-refractivity contribution is -0.120. The van der Waals surface area contributed by atoms with E-state index in [-0.39, 0.29) is 12.3 Å². The molecule has 3 rings (SSSR count). The molecule has 2 heterocycles. The zero-order valence-electron chi connectivity index (χ0n) is 11.2. The van der Waals surface area contributed by atoms with Crippen LogP contribution in [0.15, 0.2) is 40.8 Å². The molecule has 5 nitrogen and oxygen atoms in total. The van der Waals surface area contributed by atoms with Crippen LogP contribution in [0.1, 0.15) is 10.4 Å². The van der Waals surface area contributed by atoms with Crippen LogP contribution in [0, 0.1) is 0 Å². The second kappa shape index (κ2) is 6.41. The lowest BCUT2D eigenvalue weighted by Crippen LogP contribution is -2.20. The molecule has 0 atom stereocenters. The highest BCUT2D eigenvalue weighted by atomic mass is 32.1. The number of hydrazone groups is 1. The number of hydrogen-bond acceptors (Lipinski definition) is 5. The number of thiophene rings is 1. The van der Waals surface area contributed by atoms with Gasteiger partial charge >= 0.3 is 0 Å². The first-order valence-electron chi connectivity index (χ1n) is 6.55. The van der Waals surface area contributed by atoms with Crippen molar-refractivity contribution in [1.29, 1.82) is 0 Å². The summed E-state index contributed by atoms with van der Waals surface area (Å²) in [4.78, 5) is 12.8. The first kappa shape index (κ1) is 13.6. The number of fused-ring (bicyclic) bond motifs is 1. The summed E-state index contributed by atoms with van der Waals surface area (Å²) >= 11 is 1.56. The van der Waals surface area contributed by atoms with Crippen molar-refractivity contribution in [2.45, 2.75) is 6.42 Å². The molecule has 0 fully saturated rings. The van der Waals surface area contributed by atoms with E-state index < -0.39 is 0 Å². The van der Waals surface area contributed by atoms with Crippen LogP contribution < -0.4 is 14.9 Å². The zero-order valence-corrected chi connectivity index (χ0v) is 12.1. The zero-order chi connectivity index (χ0) is 14.5. The molecule has 0 saturated heterocycles. The summed E-state index contributed by atoms with van der Waals surface area (Å²) in [6, 6.07) is 9.38. The highest BCUT2D eigenvalue weighted by Gasteiger charge is 2.12. The van der Waals surface area contributed by atoms with Gasteiger partial charge in [0.2, 0.25) is 5.91 Å². The highest BCUT2D eigenvalue weighted by Crippen LogP contribution is 2.30. The number of carbonyl (C=O) groups excluding carboxylic acids is 1. The SMILES string of the molecule is O=C(Cc1ccc2c(c1)OCCO2)N/N=C/c1cccs1. The maximum atomic E-state index is 11.8. The van der Waals surface area contributed by atoms with Gasteiger partial charge < -0.3 is 9.47 Å². The summed E-state index contributed by atoms with van der Waals surface area (Å²) in [6.45, 7) is 1.10. The Kier molecular flexibility index (Phi) is 4.16. The molecular formula is C15H14N2O3S. The van der Waals surface area contributed by atoms with Crippen LogP contribution in [0.5, 0.6) is 11.5 Å². The molecule has 0 spiro atoms. The Bertz CT molecular complexity index is 653. The van der Waals surface area contributed by atoms with Gasteiger partial charge in [0.25, 0.3) is 0 Å². The van der Waals surface area contributed by atoms with E-state index in [1.165, 1.54) is 0 Å². The van der Waals surface area contributed by atoms with Gasteiger partial charge in [-0.25, -0.2) is 5.43 Å². The van der Waals surface area contributed by atoms with E-state index in [4.69, 9.17) is 9.47 Å². The Morgan fingerprint density at radius 1 is 1.29 bits per heavy atom. The number of amides is 1. The fourth-order valence-corrected chi connectivity index (χ4v) is 2.54. The van der Waals surface area contributed by atoms with Gasteiger partial charge in [-0.1, -0.05) is 12.1 Å². The van der Waals surface area contributed by atoms with Gasteiger partial charge in [-0.2, -0.15) is 5.10 Å². The number of nitrogens with one attached hydrogen (secondary N) is 1. The smallest absolute Gasteiger partial charge is 0.244 e. The van der Waals surface area contributed by atoms with E-state index in [0.29, 0.717) is 19.0 Å². The molecule has 0 bridgehead atoms. The van der Waals surface area contributed by atoms with Gasteiger partial charge in [0.05, 0.1) is 12.6 Å². The van der Waals surface area contributed by atoms with Crippen molar-refractivity contribution in [1.82, 2.24) is 5.43 Å². The minimum Gasteiger partial charge on any atom is -0.486 e. The van der Waals surface area contributed by atoms with Crippen LogP contribution in [0.2, 0.25) is 0 Å². The molecule has 21 heavy (non-hydrogen) atoms. The highest BCUT2D eigenvalue weighted by molar-refractivity contribution is 7.11. The van der Waals surface area contributed by atoms with Gasteiger partial charge in [-0.15, -0.1) is 11.3 Å². The molecule has 1 N–H and O–H groups in total. The third-order valence-corrected chi connectivity index (χ3v) is 3.70. The van der Waals surface area contributed by atoms with Crippen LogP contribution >= 0.6 is 11.3 Å². The normalized spacial score (nSPS) is 13.3. The summed E-state index contributed by atoms with van der Waals surface area (Å²) in [6.07, 6.45) is 1.88. The monoisotopic (exact) mass is 302 g/mol. The molecule has 0 unspecified atom stereocenters. The first-order valence-corrected chi connectivity index (χ1v) is 7.43. The van der Waals surface area contributed by atoms with E-state index in [1.54, 1.807) is 17.6 Å². The number of hydrogen-bond donors (Lipinski definition) is 1. The fourth-order valence-electron chi connectivity index (χ4n) is 1.96. The van der Waals surface area contributed by atoms with E-state index in [0.717, 1.165) is 16.2 Å². The maximum absolute atomic E-state index is 11.8. The molecule has 1 aliphatic rings. The van der Waals surface area contributed by atoms with Gasteiger partial charge in [-0.3, -0.25) is 4.79 Å². The van der Waals surface area contributed by atoms with Crippen molar-refractivity contribution in [3.8, 4) is 11.5 Å². The Morgan fingerprint density at radius 3 is 2.95 bits per heavy atom. The standard InChI is InChI=1S/C15H14N2O3S/c18-15(17-16-10-12-2-1-7-21-12)9-11-3-4-13-14(8-11)20-6-5-19-13/h1-4,7-8,10H,5-6,9H2,(H,17,18)/b16-10+. The van der Waals surface area contributed by atoms with E-state index >= 15 is 0 Å². The summed E-state index contributed by atoms with van der Waals surface area (Å²) < 4.78 is 10.9. The van der Waals surface area contributed by atoms with Crippen molar-refractivity contribution in [2.75, 3.05) is 13.2 Å². The third kappa shape index (κ3) is 3.61. The van der Waals surface area contributed by atoms with Crippen LogP contribution in [-0.4, -0.2) is 25.3 Å². The summed E-state index contributed by atoms with van der Waals surface area (Å²) in [5.41, 5.74) is 3.38. The fraction of sp³-hybridized carbons (Fsp3) is 0.200. The minimum absolute atomic E-state index is 0.167. The molecule has 2 aromatic rings. The van der Waals surface area contributed by atoms with Crippen LogP contribution in [0.25, 0.3) is 0 Å². The quantitative estimate of drug-likeness (QED) is 0.696. The first-order chi connectivity index (χ1) is 10.3. The largest absolute Gasteiger partial charge is 0.486 e. The molecule has 0 radical (unpaired) electrons. The van der Waals surface area contributed by atoms with E-state index in [2.05, 4.69) is 10.5 Å². The van der Waals surface area contributed by atoms with Gasteiger partial charge in [-0.05, 0) is 29.1 Å². The summed E-state index contributed by atoms with van der Waals surface area (Å²) in [5, 5.41) is 5.88. The van der Waals surface area contributed by atoms with E-state index in [1.807, 2.05) is 35.7 Å². The average Bonchev–Trinajstić information content (AvgIpc) is 3.00. The molecule has 0 aliphatic carbocycles. The lowest BCUT2D eigenvalue weighted by atomic mass is 10.1. The molecule has 1 amide bonds. The van der Waals surface area contributed by atoms with Crippen LogP contribution in [-0.2, 0) is 11.2 Å². The second-order valence-corrected chi connectivity index (χ2v) is 5.44. The molecule has 6 heteroatoms. The minimum atomic E-state index is -0.167. The van der Waals surface area contributed by atoms with Crippen LogP contribution in [0.3, 0.4) is 0 Å². The number of nitrogens with zero attached hydrogens (tertiary/aromatic N) is 1. The number of carbonyl (C=O) groups is 1. The van der Waals surface area contributed by atoms with E-state index in [9.17, 15) is 4.79 Å². The van der Waals surface area contributed by atoms with Crippen LogP contribution in [0.4, 0.5) is 0 Å².